The number of ether oxygens (including phenoxy) is 1. The summed E-state index contributed by atoms with van der Waals surface area (Å²) in [6, 6.07) is 21.8. The zero-order valence-corrected chi connectivity index (χ0v) is 18.8. The fourth-order valence-electron chi connectivity index (χ4n) is 3.04. The average Bonchev–Trinajstić information content (AvgIpc) is 3.22. The van der Waals surface area contributed by atoms with Crippen LogP contribution in [0.15, 0.2) is 78.0 Å². The number of rotatable bonds is 7. The molecule has 4 rings (SSSR count). The molecule has 3 aromatic carbocycles. The fourth-order valence-corrected chi connectivity index (χ4v) is 4.14. The van der Waals surface area contributed by atoms with Crippen LogP contribution in [0.1, 0.15) is 10.4 Å². The SMILES string of the molecule is COc1ccccc1-c1nnc(SCC(=O)c2ccc(Cl)cc2)n1-c1ccc(Cl)cc1. The number of para-hydroxylation sites is 1. The van der Waals surface area contributed by atoms with Crippen LogP contribution in [0.3, 0.4) is 0 Å². The number of carbonyl (C=O) groups excluding carboxylic acids is 1. The van der Waals surface area contributed by atoms with E-state index in [2.05, 4.69) is 10.2 Å². The lowest BCUT2D eigenvalue weighted by Crippen LogP contribution is -2.05. The largest absolute Gasteiger partial charge is 0.496 e. The van der Waals surface area contributed by atoms with Crippen LogP contribution in [0.2, 0.25) is 10.0 Å². The molecule has 0 saturated carbocycles. The van der Waals surface area contributed by atoms with E-state index in [1.54, 1.807) is 43.5 Å². The molecule has 0 spiro atoms. The standard InChI is InChI=1S/C23H17Cl2N3O2S/c1-30-21-5-3-2-4-19(21)22-26-27-23(28(22)18-12-10-17(25)11-13-18)31-14-20(29)15-6-8-16(24)9-7-15/h2-13H,14H2,1H3. The van der Waals surface area contributed by atoms with Gasteiger partial charge < -0.3 is 4.74 Å². The van der Waals surface area contributed by atoms with Gasteiger partial charge in [-0.05, 0) is 60.7 Å². The lowest BCUT2D eigenvalue weighted by molar-refractivity contribution is 0.102. The summed E-state index contributed by atoms with van der Waals surface area (Å²) in [5.41, 5.74) is 2.22. The summed E-state index contributed by atoms with van der Waals surface area (Å²) in [5.74, 6) is 1.48. The Balaban J connectivity index is 1.71. The first-order chi connectivity index (χ1) is 15.1. The number of hydrogen-bond acceptors (Lipinski definition) is 5. The van der Waals surface area contributed by atoms with E-state index < -0.39 is 0 Å². The Labute approximate surface area is 194 Å². The van der Waals surface area contributed by atoms with Crippen molar-refractivity contribution < 1.29 is 9.53 Å². The molecule has 8 heteroatoms. The minimum Gasteiger partial charge on any atom is -0.496 e. The van der Waals surface area contributed by atoms with E-state index >= 15 is 0 Å². The molecule has 0 saturated heterocycles. The number of benzene rings is 3. The Morgan fingerprint density at radius 1 is 0.935 bits per heavy atom. The topological polar surface area (TPSA) is 57.0 Å². The van der Waals surface area contributed by atoms with Crippen LogP contribution in [0.4, 0.5) is 0 Å². The first-order valence-corrected chi connectivity index (χ1v) is 11.1. The summed E-state index contributed by atoms with van der Waals surface area (Å²) in [5, 5.41) is 10.6. The van der Waals surface area contributed by atoms with Gasteiger partial charge in [0.2, 0.25) is 0 Å². The molecule has 0 fully saturated rings. The van der Waals surface area contributed by atoms with Crippen molar-refractivity contribution in [3.8, 4) is 22.8 Å². The van der Waals surface area contributed by atoms with Gasteiger partial charge in [0, 0.05) is 21.3 Å². The van der Waals surface area contributed by atoms with Crippen molar-refractivity contribution in [1.29, 1.82) is 0 Å². The Morgan fingerprint density at radius 2 is 1.58 bits per heavy atom. The van der Waals surface area contributed by atoms with E-state index in [-0.39, 0.29) is 11.5 Å². The molecule has 0 aliphatic carbocycles. The summed E-state index contributed by atoms with van der Waals surface area (Å²) >= 11 is 13.3. The van der Waals surface area contributed by atoms with Crippen LogP contribution >= 0.6 is 35.0 Å². The van der Waals surface area contributed by atoms with Gasteiger partial charge in [-0.3, -0.25) is 9.36 Å². The van der Waals surface area contributed by atoms with Crippen molar-refractivity contribution in [2.24, 2.45) is 0 Å². The third-order valence-electron chi connectivity index (χ3n) is 4.56. The van der Waals surface area contributed by atoms with E-state index in [1.807, 2.05) is 41.0 Å². The van der Waals surface area contributed by atoms with Gasteiger partial charge >= 0.3 is 0 Å². The van der Waals surface area contributed by atoms with Gasteiger partial charge in [0.05, 0.1) is 18.4 Å². The van der Waals surface area contributed by atoms with Crippen molar-refractivity contribution in [1.82, 2.24) is 14.8 Å². The molecule has 4 aromatic rings. The number of thioether (sulfide) groups is 1. The lowest BCUT2D eigenvalue weighted by atomic mass is 10.1. The second-order valence-corrected chi connectivity index (χ2v) is 8.35. The number of methoxy groups -OCH3 is 1. The molecule has 0 unspecified atom stereocenters. The van der Waals surface area contributed by atoms with Gasteiger partial charge in [0.15, 0.2) is 16.8 Å². The van der Waals surface area contributed by atoms with Crippen LogP contribution in [-0.2, 0) is 0 Å². The highest BCUT2D eigenvalue weighted by Crippen LogP contribution is 2.33. The molecule has 1 aromatic heterocycles. The number of Topliss-reactive ketones (excluding diaryl/α,β-unsaturated/α-hetero) is 1. The molecule has 1 heterocycles. The van der Waals surface area contributed by atoms with E-state index in [0.29, 0.717) is 32.3 Å². The molecular weight excluding hydrogens is 453 g/mol. The Morgan fingerprint density at radius 3 is 2.26 bits per heavy atom. The minimum absolute atomic E-state index is 0.0221. The van der Waals surface area contributed by atoms with E-state index in [4.69, 9.17) is 27.9 Å². The van der Waals surface area contributed by atoms with Crippen molar-refractivity contribution >= 4 is 40.7 Å². The maximum Gasteiger partial charge on any atom is 0.196 e. The van der Waals surface area contributed by atoms with Crippen molar-refractivity contribution in [2.45, 2.75) is 5.16 Å². The number of halogens is 2. The summed E-state index contributed by atoms with van der Waals surface area (Å²) in [7, 11) is 1.61. The van der Waals surface area contributed by atoms with Crippen molar-refractivity contribution in [3.05, 3.63) is 88.4 Å². The Hall–Kier alpha value is -2.80. The summed E-state index contributed by atoms with van der Waals surface area (Å²) in [6.45, 7) is 0. The molecule has 0 bridgehead atoms. The molecule has 31 heavy (non-hydrogen) atoms. The predicted molar refractivity (Wildman–Crippen MR) is 125 cm³/mol. The third kappa shape index (κ3) is 4.77. The highest BCUT2D eigenvalue weighted by Gasteiger charge is 2.20. The van der Waals surface area contributed by atoms with E-state index in [0.717, 1.165) is 11.3 Å². The second kappa shape index (κ2) is 9.56. The Kier molecular flexibility index (Phi) is 6.61. The molecule has 156 valence electrons. The highest BCUT2D eigenvalue weighted by molar-refractivity contribution is 7.99. The fraction of sp³-hybridized carbons (Fsp3) is 0.0870. The molecule has 0 atom stereocenters. The number of hydrogen-bond donors (Lipinski definition) is 0. The number of ketones is 1. The van der Waals surface area contributed by atoms with Crippen LogP contribution in [0.25, 0.3) is 17.1 Å². The van der Waals surface area contributed by atoms with Crippen LogP contribution in [0.5, 0.6) is 5.75 Å². The number of aromatic nitrogens is 3. The normalized spacial score (nSPS) is 10.8. The maximum absolute atomic E-state index is 12.6. The van der Waals surface area contributed by atoms with Crippen LogP contribution in [0, 0.1) is 0 Å². The zero-order valence-electron chi connectivity index (χ0n) is 16.5. The first-order valence-electron chi connectivity index (χ1n) is 9.33. The van der Waals surface area contributed by atoms with Gasteiger partial charge in [-0.2, -0.15) is 0 Å². The molecule has 5 nitrogen and oxygen atoms in total. The molecular formula is C23H17Cl2N3O2S. The smallest absolute Gasteiger partial charge is 0.196 e. The molecule has 0 amide bonds. The number of nitrogens with zero attached hydrogens (tertiary/aromatic N) is 3. The second-order valence-electron chi connectivity index (χ2n) is 6.54. The van der Waals surface area contributed by atoms with E-state index in [1.165, 1.54) is 11.8 Å². The van der Waals surface area contributed by atoms with Gasteiger partial charge in [-0.1, -0.05) is 47.1 Å². The highest BCUT2D eigenvalue weighted by atomic mass is 35.5. The molecule has 0 aliphatic rings. The molecule has 0 radical (unpaired) electrons. The first kappa shape index (κ1) is 21.4. The summed E-state index contributed by atoms with van der Waals surface area (Å²) in [4.78, 5) is 12.6. The lowest BCUT2D eigenvalue weighted by Gasteiger charge is -2.12. The average molecular weight is 470 g/mol. The number of carbonyl (C=O) groups is 1. The van der Waals surface area contributed by atoms with Gasteiger partial charge in [0.1, 0.15) is 5.75 Å². The molecule has 0 N–H and O–H groups in total. The van der Waals surface area contributed by atoms with Crippen LogP contribution in [-0.4, -0.2) is 33.4 Å². The third-order valence-corrected chi connectivity index (χ3v) is 6.00. The van der Waals surface area contributed by atoms with Crippen molar-refractivity contribution in [2.75, 3.05) is 12.9 Å². The van der Waals surface area contributed by atoms with E-state index in [9.17, 15) is 4.79 Å². The predicted octanol–water partition coefficient (Wildman–Crippen LogP) is 6.22. The minimum atomic E-state index is -0.0221. The van der Waals surface area contributed by atoms with Gasteiger partial charge in [-0.25, -0.2) is 0 Å². The maximum atomic E-state index is 12.6. The quantitative estimate of drug-likeness (QED) is 0.237. The summed E-state index contributed by atoms with van der Waals surface area (Å²) < 4.78 is 7.41. The van der Waals surface area contributed by atoms with Crippen LogP contribution < -0.4 is 4.74 Å². The Bertz CT molecular complexity index is 1210. The summed E-state index contributed by atoms with van der Waals surface area (Å²) in [6.07, 6.45) is 0. The van der Waals surface area contributed by atoms with Gasteiger partial charge in [-0.15, -0.1) is 10.2 Å². The monoisotopic (exact) mass is 469 g/mol. The molecule has 0 aliphatic heterocycles. The van der Waals surface area contributed by atoms with Gasteiger partial charge in [0.25, 0.3) is 0 Å². The zero-order chi connectivity index (χ0) is 21.8. The van der Waals surface area contributed by atoms with Crippen molar-refractivity contribution in [3.63, 3.8) is 0 Å².